The van der Waals surface area contributed by atoms with Gasteiger partial charge in [-0.2, -0.15) is 4.98 Å². The number of carbonyl (C=O) groups is 1. The lowest BCUT2D eigenvalue weighted by atomic mass is 10.0. The number of nitrogens with two attached hydrogens (primary N) is 2. The van der Waals surface area contributed by atoms with Gasteiger partial charge in [0.15, 0.2) is 17.3 Å². The fourth-order valence-electron chi connectivity index (χ4n) is 4.06. The molecule has 3 aromatic rings. The van der Waals surface area contributed by atoms with E-state index in [0.717, 1.165) is 12.1 Å². The Hall–Kier alpha value is -3.51. The van der Waals surface area contributed by atoms with E-state index in [9.17, 15) is 13.6 Å². The number of ether oxygens (including phenoxy) is 2. The number of piperazine rings is 1. The highest BCUT2D eigenvalue weighted by Crippen LogP contribution is 2.37. The molecular formula is C23H26ClF3N6O3. The first kappa shape index (κ1) is 27.1. The third-order valence-electron chi connectivity index (χ3n) is 5.97. The second-order valence-electron chi connectivity index (χ2n) is 8.08. The van der Waals surface area contributed by atoms with E-state index in [2.05, 4.69) is 9.97 Å². The largest absolute Gasteiger partial charge is 0.493 e. The van der Waals surface area contributed by atoms with Crippen molar-refractivity contribution in [3.63, 3.8) is 0 Å². The summed E-state index contributed by atoms with van der Waals surface area (Å²) in [5.74, 6) is -2.10. The number of aromatic nitrogens is 2. The number of hydrogen-bond acceptors (Lipinski definition) is 8. The zero-order valence-corrected chi connectivity index (χ0v) is 20.4. The maximum absolute atomic E-state index is 15.0. The van der Waals surface area contributed by atoms with Crippen LogP contribution in [0.4, 0.5) is 24.9 Å². The summed E-state index contributed by atoms with van der Waals surface area (Å²) in [5, 5.41) is 0.291. The highest BCUT2D eigenvalue weighted by atomic mass is 35.5. The number of benzene rings is 2. The minimum absolute atomic E-state index is 0. The zero-order chi connectivity index (χ0) is 25.3. The summed E-state index contributed by atoms with van der Waals surface area (Å²) < 4.78 is 52.4. The van der Waals surface area contributed by atoms with Gasteiger partial charge in [-0.15, -0.1) is 12.4 Å². The lowest BCUT2D eigenvalue weighted by Gasteiger charge is -2.35. The first-order valence-corrected chi connectivity index (χ1v) is 10.8. The fourth-order valence-corrected chi connectivity index (χ4v) is 4.06. The molecule has 194 valence electrons. The Morgan fingerprint density at radius 2 is 1.78 bits per heavy atom. The van der Waals surface area contributed by atoms with Crippen LogP contribution < -0.4 is 25.8 Å². The Bertz CT molecular complexity index is 1270. The van der Waals surface area contributed by atoms with E-state index >= 15 is 4.39 Å². The smallest absolute Gasteiger partial charge is 0.228 e. The number of hydrogen-bond donors (Lipinski definition) is 2. The standard InChI is InChI=1S/C23H25F3N6O3.ClH/c1-34-17-10-14-20(19(26)21(17)35-2)29-23(30-22(14)28)32-7-5-31(6-8-32)18(33)11-16(27)13-4-3-12(24)9-15(13)25;/h3-4,9-10,16H,5-8,11,27H2,1-2H3,(H2,28,29,30);1H. The second kappa shape index (κ2) is 11.0. The van der Waals surface area contributed by atoms with Crippen molar-refractivity contribution in [1.82, 2.24) is 14.9 Å². The van der Waals surface area contributed by atoms with Crippen molar-refractivity contribution in [2.24, 2.45) is 5.73 Å². The van der Waals surface area contributed by atoms with E-state index in [1.807, 2.05) is 0 Å². The number of anilines is 2. The summed E-state index contributed by atoms with van der Waals surface area (Å²) in [6, 6.07) is 3.69. The number of fused-ring (bicyclic) bond motifs is 1. The first-order valence-electron chi connectivity index (χ1n) is 10.8. The molecule has 1 fully saturated rings. The van der Waals surface area contributed by atoms with Crippen LogP contribution in [0.1, 0.15) is 18.0 Å². The average molecular weight is 527 g/mol. The summed E-state index contributed by atoms with van der Waals surface area (Å²) >= 11 is 0. The fraction of sp³-hybridized carbons (Fsp3) is 0.348. The summed E-state index contributed by atoms with van der Waals surface area (Å²) in [6.45, 7) is 1.39. The maximum atomic E-state index is 15.0. The predicted molar refractivity (Wildman–Crippen MR) is 131 cm³/mol. The van der Waals surface area contributed by atoms with Crippen LogP contribution >= 0.6 is 12.4 Å². The van der Waals surface area contributed by atoms with Crippen molar-refractivity contribution in [3.8, 4) is 11.5 Å². The molecule has 2 heterocycles. The van der Waals surface area contributed by atoms with Crippen molar-refractivity contribution in [2.75, 3.05) is 51.0 Å². The van der Waals surface area contributed by atoms with Crippen LogP contribution in [0.2, 0.25) is 0 Å². The summed E-state index contributed by atoms with van der Waals surface area (Å²) in [4.78, 5) is 24.7. The minimum Gasteiger partial charge on any atom is -0.493 e. The van der Waals surface area contributed by atoms with Gasteiger partial charge in [0.05, 0.1) is 14.2 Å². The molecular weight excluding hydrogens is 501 g/mol. The van der Waals surface area contributed by atoms with Crippen molar-refractivity contribution >= 4 is 41.0 Å². The molecule has 1 aliphatic rings. The van der Waals surface area contributed by atoms with Gasteiger partial charge in [-0.25, -0.2) is 18.2 Å². The third kappa shape index (κ3) is 5.19. The molecule has 0 radical (unpaired) electrons. The SMILES string of the molecule is COc1cc2c(N)nc(N3CCN(C(=O)CC(N)c4ccc(F)cc4F)CC3)nc2c(F)c1OC.Cl. The highest BCUT2D eigenvalue weighted by molar-refractivity contribution is 5.92. The van der Waals surface area contributed by atoms with Crippen molar-refractivity contribution < 1.29 is 27.4 Å². The monoisotopic (exact) mass is 526 g/mol. The molecule has 13 heteroatoms. The molecule has 0 bridgehead atoms. The average Bonchev–Trinajstić information content (AvgIpc) is 2.84. The number of carbonyl (C=O) groups excluding carboxylic acids is 1. The number of amides is 1. The first-order chi connectivity index (χ1) is 16.7. The molecule has 1 unspecified atom stereocenters. The Balaban J connectivity index is 0.00000361. The quantitative estimate of drug-likeness (QED) is 0.503. The predicted octanol–water partition coefficient (Wildman–Crippen LogP) is 2.81. The van der Waals surface area contributed by atoms with E-state index in [0.29, 0.717) is 31.6 Å². The van der Waals surface area contributed by atoms with Crippen LogP contribution in [-0.2, 0) is 4.79 Å². The molecule has 2 aromatic carbocycles. The van der Waals surface area contributed by atoms with E-state index in [4.69, 9.17) is 20.9 Å². The number of methoxy groups -OCH3 is 2. The Morgan fingerprint density at radius 3 is 2.39 bits per heavy atom. The van der Waals surface area contributed by atoms with Crippen LogP contribution in [0.3, 0.4) is 0 Å². The second-order valence-corrected chi connectivity index (χ2v) is 8.08. The van der Waals surface area contributed by atoms with Gasteiger partial charge >= 0.3 is 0 Å². The van der Waals surface area contributed by atoms with Crippen LogP contribution in [0.15, 0.2) is 24.3 Å². The van der Waals surface area contributed by atoms with E-state index in [1.54, 1.807) is 9.80 Å². The minimum atomic E-state index is -0.903. The van der Waals surface area contributed by atoms with Gasteiger partial charge in [0.1, 0.15) is 23.0 Å². The molecule has 1 amide bonds. The van der Waals surface area contributed by atoms with Gasteiger partial charge in [-0.3, -0.25) is 4.79 Å². The molecule has 1 aromatic heterocycles. The normalized spacial score (nSPS) is 14.4. The molecule has 1 aliphatic heterocycles. The number of halogens is 4. The van der Waals surface area contributed by atoms with E-state index in [1.165, 1.54) is 26.4 Å². The summed E-state index contributed by atoms with van der Waals surface area (Å²) in [6.07, 6.45) is -0.130. The molecule has 0 spiro atoms. The summed E-state index contributed by atoms with van der Waals surface area (Å²) in [5.41, 5.74) is 12.1. The third-order valence-corrected chi connectivity index (χ3v) is 5.97. The van der Waals surface area contributed by atoms with Crippen LogP contribution in [0.25, 0.3) is 10.9 Å². The molecule has 9 nitrogen and oxygen atoms in total. The molecule has 36 heavy (non-hydrogen) atoms. The zero-order valence-electron chi connectivity index (χ0n) is 19.6. The van der Waals surface area contributed by atoms with Crippen LogP contribution in [0.5, 0.6) is 11.5 Å². The van der Waals surface area contributed by atoms with Gasteiger partial charge in [0.2, 0.25) is 11.9 Å². The molecule has 0 saturated carbocycles. The van der Waals surface area contributed by atoms with E-state index < -0.39 is 23.5 Å². The Morgan fingerprint density at radius 1 is 1.08 bits per heavy atom. The lowest BCUT2D eigenvalue weighted by Crippen LogP contribution is -2.49. The summed E-state index contributed by atoms with van der Waals surface area (Å²) in [7, 11) is 2.71. The maximum Gasteiger partial charge on any atom is 0.228 e. The van der Waals surface area contributed by atoms with Gasteiger partial charge in [-0.1, -0.05) is 6.07 Å². The Labute approximate surface area is 211 Å². The van der Waals surface area contributed by atoms with Gasteiger partial charge in [0, 0.05) is 55.7 Å². The highest BCUT2D eigenvalue weighted by Gasteiger charge is 2.27. The lowest BCUT2D eigenvalue weighted by molar-refractivity contribution is -0.131. The number of nitrogens with zero attached hydrogens (tertiary/aromatic N) is 4. The van der Waals surface area contributed by atoms with Gasteiger partial charge < -0.3 is 30.7 Å². The molecule has 1 atom stereocenters. The number of rotatable bonds is 6. The molecule has 4 rings (SSSR count). The molecule has 4 N–H and O–H groups in total. The topological polar surface area (TPSA) is 120 Å². The van der Waals surface area contributed by atoms with Crippen LogP contribution in [-0.4, -0.2) is 61.2 Å². The van der Waals surface area contributed by atoms with Crippen molar-refractivity contribution in [1.29, 1.82) is 0 Å². The van der Waals surface area contributed by atoms with Crippen LogP contribution in [0, 0.1) is 17.5 Å². The van der Waals surface area contributed by atoms with E-state index in [-0.39, 0.29) is 59.1 Å². The van der Waals surface area contributed by atoms with Crippen molar-refractivity contribution in [3.05, 3.63) is 47.3 Å². The number of nitrogen functional groups attached to an aromatic ring is 1. The molecule has 0 aliphatic carbocycles. The molecule has 1 saturated heterocycles. The van der Waals surface area contributed by atoms with Gasteiger partial charge in [-0.05, 0) is 12.1 Å². The Kier molecular flexibility index (Phi) is 8.31. The van der Waals surface area contributed by atoms with Crippen molar-refractivity contribution in [2.45, 2.75) is 12.5 Å². The van der Waals surface area contributed by atoms with Gasteiger partial charge in [0.25, 0.3) is 0 Å².